The first-order chi connectivity index (χ1) is 10.6. The van der Waals surface area contributed by atoms with Crippen molar-refractivity contribution in [3.63, 3.8) is 0 Å². The van der Waals surface area contributed by atoms with Crippen LogP contribution in [0.1, 0.15) is 31.0 Å². The maximum Gasteiger partial charge on any atom is 0.129 e. The molecular formula is C17H22FN3O. The van der Waals surface area contributed by atoms with Crippen LogP contribution in [0.4, 0.5) is 4.39 Å². The minimum Gasteiger partial charge on any atom is -0.385 e. The highest BCUT2D eigenvalue weighted by molar-refractivity contribution is 5.25. The van der Waals surface area contributed by atoms with Crippen molar-refractivity contribution in [2.24, 2.45) is 0 Å². The topological polar surface area (TPSA) is 41.3 Å². The number of aliphatic hydroxyl groups is 1. The lowest BCUT2D eigenvalue weighted by Crippen LogP contribution is -2.42. The van der Waals surface area contributed by atoms with Gasteiger partial charge in [-0.3, -0.25) is 4.90 Å². The van der Waals surface area contributed by atoms with Gasteiger partial charge in [0.25, 0.3) is 0 Å². The molecule has 0 bridgehead atoms. The van der Waals surface area contributed by atoms with Crippen LogP contribution in [-0.2, 0) is 18.7 Å². The highest BCUT2D eigenvalue weighted by atomic mass is 19.1. The second kappa shape index (κ2) is 6.18. The number of piperidine rings is 1. The quantitative estimate of drug-likeness (QED) is 0.943. The van der Waals surface area contributed by atoms with Crippen molar-refractivity contribution in [3.05, 3.63) is 53.9 Å². The molecular weight excluding hydrogens is 281 g/mol. The molecule has 0 amide bonds. The van der Waals surface area contributed by atoms with E-state index in [-0.39, 0.29) is 5.82 Å². The molecule has 0 atom stereocenters. The van der Waals surface area contributed by atoms with Gasteiger partial charge in [-0.15, -0.1) is 0 Å². The third-order valence-corrected chi connectivity index (χ3v) is 4.58. The Morgan fingerprint density at radius 2 is 2.00 bits per heavy atom. The van der Waals surface area contributed by atoms with Crippen LogP contribution in [0, 0.1) is 5.82 Å². The molecule has 1 aromatic carbocycles. The molecule has 0 spiro atoms. The Hall–Kier alpha value is -1.72. The van der Waals surface area contributed by atoms with Crippen molar-refractivity contribution < 1.29 is 9.50 Å². The van der Waals surface area contributed by atoms with Crippen LogP contribution in [0.3, 0.4) is 0 Å². The highest BCUT2D eigenvalue weighted by Gasteiger charge is 2.35. The van der Waals surface area contributed by atoms with Crippen LogP contribution in [0.25, 0.3) is 0 Å². The number of hydrogen-bond donors (Lipinski definition) is 1. The summed E-state index contributed by atoms with van der Waals surface area (Å²) in [5.41, 5.74) is 0.555. The van der Waals surface area contributed by atoms with Crippen molar-refractivity contribution in [2.75, 3.05) is 13.1 Å². The number of hydrogen-bond acceptors (Lipinski definition) is 3. The SMILES string of the molecule is CCn1cncc1CN1CCC(O)(c2ccccc2F)CC1. The standard InChI is InChI=1S/C17H22FN3O/c1-2-21-13-19-11-14(21)12-20-9-7-17(22,8-10-20)15-5-3-4-6-16(15)18/h3-6,11,13,22H,2,7-10,12H2,1H3. The first-order valence-electron chi connectivity index (χ1n) is 7.81. The monoisotopic (exact) mass is 303 g/mol. The van der Waals surface area contributed by atoms with Gasteiger partial charge in [0, 0.05) is 37.9 Å². The van der Waals surface area contributed by atoms with Gasteiger partial charge < -0.3 is 9.67 Å². The molecule has 5 heteroatoms. The third-order valence-electron chi connectivity index (χ3n) is 4.58. The number of aromatic nitrogens is 2. The van der Waals surface area contributed by atoms with Crippen LogP contribution in [0.15, 0.2) is 36.8 Å². The summed E-state index contributed by atoms with van der Waals surface area (Å²) in [5.74, 6) is -0.317. The van der Waals surface area contributed by atoms with Crippen LogP contribution in [0.5, 0.6) is 0 Å². The van der Waals surface area contributed by atoms with Gasteiger partial charge in [0.15, 0.2) is 0 Å². The van der Waals surface area contributed by atoms with E-state index in [4.69, 9.17) is 0 Å². The van der Waals surface area contributed by atoms with Crippen LogP contribution < -0.4 is 0 Å². The summed E-state index contributed by atoms with van der Waals surface area (Å²) in [6.45, 7) is 5.32. The second-order valence-corrected chi connectivity index (χ2v) is 5.96. The van der Waals surface area contributed by atoms with Gasteiger partial charge >= 0.3 is 0 Å². The molecule has 3 rings (SSSR count). The van der Waals surface area contributed by atoms with E-state index in [1.807, 2.05) is 12.5 Å². The van der Waals surface area contributed by atoms with Gasteiger partial charge in [-0.2, -0.15) is 0 Å². The zero-order chi connectivity index (χ0) is 15.6. The van der Waals surface area contributed by atoms with E-state index >= 15 is 0 Å². The molecule has 1 aliphatic heterocycles. The molecule has 1 aliphatic rings. The van der Waals surface area contributed by atoms with Crippen LogP contribution >= 0.6 is 0 Å². The van der Waals surface area contributed by atoms with Crippen molar-refractivity contribution in [2.45, 2.75) is 38.5 Å². The van der Waals surface area contributed by atoms with E-state index in [0.717, 1.165) is 26.2 Å². The number of rotatable bonds is 4. The summed E-state index contributed by atoms with van der Waals surface area (Å²) >= 11 is 0. The fraction of sp³-hybridized carbons (Fsp3) is 0.471. The second-order valence-electron chi connectivity index (χ2n) is 5.96. The first kappa shape index (κ1) is 15.2. The van der Waals surface area contributed by atoms with Gasteiger partial charge in [0.2, 0.25) is 0 Å². The predicted octanol–water partition coefficient (Wildman–Crippen LogP) is 2.53. The molecule has 0 saturated carbocycles. The molecule has 1 N–H and O–H groups in total. The first-order valence-corrected chi connectivity index (χ1v) is 7.81. The molecule has 2 heterocycles. The molecule has 1 aromatic heterocycles. The molecule has 22 heavy (non-hydrogen) atoms. The number of halogens is 1. The number of benzene rings is 1. The average Bonchev–Trinajstić information content (AvgIpc) is 2.97. The van der Waals surface area contributed by atoms with E-state index in [2.05, 4.69) is 21.4 Å². The number of nitrogens with zero attached hydrogens (tertiary/aromatic N) is 3. The average molecular weight is 303 g/mol. The van der Waals surface area contributed by atoms with Gasteiger partial charge in [0.05, 0.1) is 17.6 Å². The van der Waals surface area contributed by atoms with E-state index in [9.17, 15) is 9.50 Å². The van der Waals surface area contributed by atoms with Crippen molar-refractivity contribution in [3.8, 4) is 0 Å². The Morgan fingerprint density at radius 3 is 2.68 bits per heavy atom. The lowest BCUT2D eigenvalue weighted by molar-refractivity contribution is -0.0306. The Kier molecular flexibility index (Phi) is 4.27. The van der Waals surface area contributed by atoms with Gasteiger partial charge in [-0.05, 0) is 25.8 Å². The molecule has 118 valence electrons. The van der Waals surface area contributed by atoms with Gasteiger partial charge in [-0.25, -0.2) is 9.37 Å². The summed E-state index contributed by atoms with van der Waals surface area (Å²) in [5, 5.41) is 10.8. The summed E-state index contributed by atoms with van der Waals surface area (Å²) in [4.78, 5) is 6.47. The maximum absolute atomic E-state index is 13.9. The Bertz CT molecular complexity index is 632. The normalized spacial score (nSPS) is 18.5. The lowest BCUT2D eigenvalue weighted by Gasteiger charge is -2.38. The molecule has 4 nitrogen and oxygen atoms in total. The molecule has 0 aliphatic carbocycles. The summed E-state index contributed by atoms with van der Waals surface area (Å²) in [6, 6.07) is 6.54. The molecule has 0 radical (unpaired) electrons. The fourth-order valence-corrected chi connectivity index (χ4v) is 3.18. The van der Waals surface area contributed by atoms with Crippen LogP contribution in [-0.4, -0.2) is 32.6 Å². The largest absolute Gasteiger partial charge is 0.385 e. The van der Waals surface area contributed by atoms with E-state index in [1.54, 1.807) is 18.2 Å². The Labute approximate surface area is 130 Å². The number of likely N-dealkylation sites (tertiary alicyclic amines) is 1. The van der Waals surface area contributed by atoms with Gasteiger partial charge in [0.1, 0.15) is 5.82 Å². The molecule has 1 saturated heterocycles. The molecule has 2 aromatic rings. The minimum atomic E-state index is -1.05. The summed E-state index contributed by atoms with van der Waals surface area (Å²) < 4.78 is 16.1. The maximum atomic E-state index is 13.9. The number of aryl methyl sites for hydroxylation is 1. The zero-order valence-electron chi connectivity index (χ0n) is 12.9. The molecule has 0 unspecified atom stereocenters. The van der Waals surface area contributed by atoms with Crippen molar-refractivity contribution >= 4 is 0 Å². The minimum absolute atomic E-state index is 0.317. The van der Waals surface area contributed by atoms with Crippen molar-refractivity contribution in [1.29, 1.82) is 0 Å². The highest BCUT2D eigenvalue weighted by Crippen LogP contribution is 2.34. The lowest BCUT2D eigenvalue weighted by atomic mass is 9.84. The zero-order valence-corrected chi connectivity index (χ0v) is 12.9. The Morgan fingerprint density at radius 1 is 1.27 bits per heavy atom. The third kappa shape index (κ3) is 2.91. The molecule has 1 fully saturated rings. The predicted molar refractivity (Wildman–Crippen MR) is 82.7 cm³/mol. The van der Waals surface area contributed by atoms with E-state index in [0.29, 0.717) is 18.4 Å². The number of imidazole rings is 1. The van der Waals surface area contributed by atoms with E-state index in [1.165, 1.54) is 11.8 Å². The van der Waals surface area contributed by atoms with E-state index < -0.39 is 5.60 Å². The van der Waals surface area contributed by atoms with Crippen LogP contribution in [0.2, 0.25) is 0 Å². The summed E-state index contributed by atoms with van der Waals surface area (Å²) in [7, 11) is 0. The van der Waals surface area contributed by atoms with Crippen molar-refractivity contribution in [1.82, 2.24) is 14.5 Å². The fourth-order valence-electron chi connectivity index (χ4n) is 3.18. The summed E-state index contributed by atoms with van der Waals surface area (Å²) in [6.07, 6.45) is 4.83. The van der Waals surface area contributed by atoms with Gasteiger partial charge in [-0.1, -0.05) is 18.2 Å². The smallest absolute Gasteiger partial charge is 0.129 e. The Balaban J connectivity index is 1.66.